The number of rotatable bonds is 34. The molecule has 0 fully saturated rings. The molecule has 0 aliphatic rings. The molecule has 0 heterocycles. The highest BCUT2D eigenvalue weighted by Crippen LogP contribution is 2.35. The number of hydrogen-bond acceptors (Lipinski definition) is 6. The van der Waals surface area contributed by atoms with Gasteiger partial charge in [-0.05, 0) is 19.3 Å². The molecule has 2 N–H and O–H groups in total. The van der Waals surface area contributed by atoms with Gasteiger partial charge in [-0.25, -0.2) is 9.36 Å². The highest BCUT2D eigenvalue weighted by Gasteiger charge is 2.22. The van der Waals surface area contributed by atoms with E-state index < -0.39 is 32.5 Å². The molecule has 0 spiro atoms. The molecule has 0 aromatic rings. The summed E-state index contributed by atoms with van der Waals surface area (Å²) in [6, 6.07) is 0. The second-order valence-corrected chi connectivity index (χ2v) is 13.9. The molecular formula is C37H69O8P. The van der Waals surface area contributed by atoms with Crippen LogP contribution in [0.5, 0.6) is 0 Å². The van der Waals surface area contributed by atoms with Crippen molar-refractivity contribution in [2.75, 3.05) is 13.2 Å². The summed E-state index contributed by atoms with van der Waals surface area (Å²) in [7, 11) is -4.77. The number of carbonyl (C=O) groups is 2. The van der Waals surface area contributed by atoms with Crippen molar-refractivity contribution >= 4 is 19.8 Å². The van der Waals surface area contributed by atoms with Crippen molar-refractivity contribution in [2.24, 2.45) is 0 Å². The van der Waals surface area contributed by atoms with Crippen LogP contribution in [0.4, 0.5) is 0 Å². The van der Waals surface area contributed by atoms with E-state index in [1.165, 1.54) is 134 Å². The number of allylic oxidation sites excluding steroid dienone is 3. The van der Waals surface area contributed by atoms with Gasteiger partial charge in [0.2, 0.25) is 0 Å². The standard InChI is InChI=1S/C37H69O8P/c1-3-5-7-9-11-13-15-17-18-20-22-24-26-28-30-32-37(39)45-35(34-44-46(40,41)42)33-43-36(38)31-29-27-25-23-21-19-16-14-12-10-8-6-4-2/h26,28,30,32,35H,3-25,27,29,31,33-34H2,1-2H3,(H2,40,41,42)/t35-/m1/s1. The van der Waals surface area contributed by atoms with E-state index in [1.54, 1.807) is 12.2 Å². The SMILES string of the molecule is CCCCCCCCCCCCCC=CC=CC(=O)O[C@H](COC(=O)CCCCCCCCCCCCCCC)COP(=O)(O)O. The van der Waals surface area contributed by atoms with Crippen molar-refractivity contribution in [3.63, 3.8) is 0 Å². The Hall–Kier alpha value is -1.47. The summed E-state index contributed by atoms with van der Waals surface area (Å²) in [6.07, 6.45) is 36.7. The molecule has 46 heavy (non-hydrogen) atoms. The van der Waals surface area contributed by atoms with Crippen LogP contribution in [0.25, 0.3) is 0 Å². The molecule has 0 aliphatic carbocycles. The van der Waals surface area contributed by atoms with E-state index >= 15 is 0 Å². The van der Waals surface area contributed by atoms with Gasteiger partial charge in [-0.3, -0.25) is 9.32 Å². The molecule has 8 nitrogen and oxygen atoms in total. The van der Waals surface area contributed by atoms with E-state index in [4.69, 9.17) is 19.3 Å². The number of esters is 2. The van der Waals surface area contributed by atoms with E-state index in [2.05, 4.69) is 18.4 Å². The zero-order chi connectivity index (χ0) is 34.0. The lowest BCUT2D eigenvalue weighted by atomic mass is 10.0. The van der Waals surface area contributed by atoms with E-state index in [0.29, 0.717) is 6.42 Å². The molecule has 0 aromatic heterocycles. The summed E-state index contributed by atoms with van der Waals surface area (Å²) < 4.78 is 26.1. The van der Waals surface area contributed by atoms with Crippen LogP contribution in [0.15, 0.2) is 24.3 Å². The zero-order valence-corrected chi connectivity index (χ0v) is 30.4. The van der Waals surface area contributed by atoms with Crippen molar-refractivity contribution in [3.05, 3.63) is 24.3 Å². The monoisotopic (exact) mass is 672 g/mol. The molecule has 0 aromatic carbocycles. The zero-order valence-electron chi connectivity index (χ0n) is 29.5. The Kier molecular flexibility index (Phi) is 32.4. The van der Waals surface area contributed by atoms with Gasteiger partial charge in [0.1, 0.15) is 6.61 Å². The van der Waals surface area contributed by atoms with Gasteiger partial charge in [-0.1, -0.05) is 173 Å². The number of carbonyl (C=O) groups excluding carboxylic acids is 2. The number of hydrogen-bond donors (Lipinski definition) is 2. The maximum absolute atomic E-state index is 12.2. The van der Waals surface area contributed by atoms with E-state index in [9.17, 15) is 14.2 Å². The van der Waals surface area contributed by atoms with Gasteiger partial charge in [0, 0.05) is 12.5 Å². The lowest BCUT2D eigenvalue weighted by molar-refractivity contribution is -0.157. The lowest BCUT2D eigenvalue weighted by Gasteiger charge is -2.17. The Morgan fingerprint density at radius 1 is 0.609 bits per heavy atom. The molecule has 0 unspecified atom stereocenters. The third-order valence-electron chi connectivity index (χ3n) is 8.08. The first-order valence-corrected chi connectivity index (χ1v) is 20.2. The predicted molar refractivity (Wildman–Crippen MR) is 189 cm³/mol. The normalized spacial score (nSPS) is 12.7. The van der Waals surface area contributed by atoms with Crippen LogP contribution in [-0.2, 0) is 28.2 Å². The second kappa shape index (κ2) is 33.4. The molecular weight excluding hydrogens is 603 g/mol. The summed E-state index contributed by atoms with van der Waals surface area (Å²) in [5, 5.41) is 0. The number of phosphoric acid groups is 1. The molecule has 0 amide bonds. The van der Waals surface area contributed by atoms with Crippen LogP contribution >= 0.6 is 7.82 Å². The van der Waals surface area contributed by atoms with Crippen molar-refractivity contribution in [1.82, 2.24) is 0 Å². The van der Waals surface area contributed by atoms with Gasteiger partial charge in [0.25, 0.3) is 0 Å². The Bertz CT molecular complexity index is 807. The first-order valence-electron chi connectivity index (χ1n) is 18.7. The average Bonchev–Trinajstić information content (AvgIpc) is 3.02. The molecule has 0 aliphatic heterocycles. The van der Waals surface area contributed by atoms with E-state index in [0.717, 1.165) is 25.7 Å². The van der Waals surface area contributed by atoms with Gasteiger partial charge in [-0.15, -0.1) is 0 Å². The van der Waals surface area contributed by atoms with Crippen LogP contribution in [0.3, 0.4) is 0 Å². The van der Waals surface area contributed by atoms with Crippen molar-refractivity contribution in [1.29, 1.82) is 0 Å². The number of ether oxygens (including phenoxy) is 2. The third kappa shape index (κ3) is 35.4. The molecule has 0 saturated heterocycles. The fourth-order valence-corrected chi connectivity index (χ4v) is 5.64. The van der Waals surface area contributed by atoms with E-state index in [-0.39, 0.29) is 13.0 Å². The van der Waals surface area contributed by atoms with Crippen molar-refractivity contribution < 1.29 is 37.9 Å². The Morgan fingerprint density at radius 2 is 1.04 bits per heavy atom. The Labute approximate surface area is 281 Å². The summed E-state index contributed by atoms with van der Waals surface area (Å²) in [4.78, 5) is 42.5. The van der Waals surface area contributed by atoms with Crippen molar-refractivity contribution in [2.45, 2.75) is 187 Å². The van der Waals surface area contributed by atoms with Crippen LogP contribution in [0, 0.1) is 0 Å². The molecule has 0 radical (unpaired) electrons. The van der Waals surface area contributed by atoms with Crippen LogP contribution in [0.1, 0.15) is 181 Å². The first-order chi connectivity index (χ1) is 22.3. The van der Waals surface area contributed by atoms with Gasteiger partial charge in [0.05, 0.1) is 6.61 Å². The van der Waals surface area contributed by atoms with Crippen molar-refractivity contribution in [3.8, 4) is 0 Å². The summed E-state index contributed by atoms with van der Waals surface area (Å²) >= 11 is 0. The van der Waals surface area contributed by atoms with Gasteiger partial charge >= 0.3 is 19.8 Å². The van der Waals surface area contributed by atoms with Gasteiger partial charge < -0.3 is 19.3 Å². The number of phosphoric ester groups is 1. The molecule has 0 rings (SSSR count). The highest BCUT2D eigenvalue weighted by atomic mass is 31.2. The molecule has 270 valence electrons. The minimum absolute atomic E-state index is 0.252. The highest BCUT2D eigenvalue weighted by molar-refractivity contribution is 7.46. The van der Waals surface area contributed by atoms with Crippen LogP contribution in [-0.4, -0.2) is 41.0 Å². The topological polar surface area (TPSA) is 119 Å². The molecule has 0 bridgehead atoms. The quantitative estimate of drug-likeness (QED) is 0.0228. The largest absolute Gasteiger partial charge is 0.469 e. The maximum Gasteiger partial charge on any atom is 0.469 e. The smallest absolute Gasteiger partial charge is 0.462 e. The van der Waals surface area contributed by atoms with Gasteiger partial charge in [0.15, 0.2) is 6.10 Å². The lowest BCUT2D eigenvalue weighted by Crippen LogP contribution is -2.29. The minimum Gasteiger partial charge on any atom is -0.462 e. The average molecular weight is 673 g/mol. The molecule has 0 saturated carbocycles. The van der Waals surface area contributed by atoms with Crippen LogP contribution in [0.2, 0.25) is 0 Å². The predicted octanol–water partition coefficient (Wildman–Crippen LogP) is 10.8. The molecule has 9 heteroatoms. The summed E-state index contributed by atoms with van der Waals surface area (Å²) in [6.45, 7) is 3.58. The molecule has 1 atom stereocenters. The minimum atomic E-state index is -4.77. The van der Waals surface area contributed by atoms with Gasteiger partial charge in [-0.2, -0.15) is 0 Å². The summed E-state index contributed by atoms with van der Waals surface area (Å²) in [5.41, 5.74) is 0. The fraction of sp³-hybridized carbons (Fsp3) is 0.838. The Balaban J connectivity index is 4.06. The summed E-state index contributed by atoms with van der Waals surface area (Å²) in [5.74, 6) is -1.13. The fourth-order valence-electron chi connectivity index (χ4n) is 5.28. The third-order valence-corrected chi connectivity index (χ3v) is 8.57. The first kappa shape index (κ1) is 44.5. The van der Waals surface area contributed by atoms with Crippen LogP contribution < -0.4 is 0 Å². The second-order valence-electron chi connectivity index (χ2n) is 12.6. The van der Waals surface area contributed by atoms with E-state index in [1.807, 2.05) is 6.08 Å². The maximum atomic E-state index is 12.2. The number of unbranched alkanes of at least 4 members (excludes halogenated alkanes) is 23. The Morgan fingerprint density at radius 3 is 1.50 bits per heavy atom.